The molecule has 0 bridgehead atoms. The summed E-state index contributed by atoms with van der Waals surface area (Å²) in [6.45, 7) is 4.15. The third-order valence-electron chi connectivity index (χ3n) is 4.38. The predicted molar refractivity (Wildman–Crippen MR) is 101 cm³/mol. The summed E-state index contributed by atoms with van der Waals surface area (Å²) in [5.74, 6) is 1.17. The molecule has 2 heterocycles. The Morgan fingerprint density at radius 2 is 1.64 bits per heavy atom. The minimum Gasteiger partial charge on any atom is -0.508 e. The van der Waals surface area contributed by atoms with Gasteiger partial charge in [-0.1, -0.05) is 24.3 Å². The Bertz CT molecular complexity index is 1050. The summed E-state index contributed by atoms with van der Waals surface area (Å²) in [6.07, 6.45) is 0. The minimum atomic E-state index is 0.247. The standard InChI is InChI=1S/C21H19N3O/c1-14-6-3-4-8-18(14)22-21-20(16-10-12-17(25)13-11-16)23-19-9-5-7-15(2)24(19)21/h3-13,22,25H,1-2H3. The number of imidazole rings is 1. The van der Waals surface area contributed by atoms with E-state index in [4.69, 9.17) is 4.98 Å². The number of nitrogens with one attached hydrogen (secondary N) is 1. The van der Waals surface area contributed by atoms with Crippen molar-refractivity contribution in [2.24, 2.45) is 0 Å². The van der Waals surface area contributed by atoms with E-state index in [0.717, 1.165) is 34.1 Å². The molecule has 124 valence electrons. The highest BCUT2D eigenvalue weighted by molar-refractivity contribution is 5.80. The lowest BCUT2D eigenvalue weighted by Gasteiger charge is -2.12. The Balaban J connectivity index is 1.95. The zero-order valence-electron chi connectivity index (χ0n) is 14.2. The fraction of sp³-hybridized carbons (Fsp3) is 0.0952. The van der Waals surface area contributed by atoms with Gasteiger partial charge >= 0.3 is 0 Å². The van der Waals surface area contributed by atoms with Crippen LogP contribution in [0.15, 0.2) is 66.7 Å². The van der Waals surface area contributed by atoms with Crippen LogP contribution in [0.5, 0.6) is 5.75 Å². The number of fused-ring (bicyclic) bond motifs is 1. The zero-order chi connectivity index (χ0) is 17.4. The molecule has 0 unspecified atom stereocenters. The van der Waals surface area contributed by atoms with E-state index in [9.17, 15) is 5.11 Å². The molecular weight excluding hydrogens is 310 g/mol. The summed E-state index contributed by atoms with van der Waals surface area (Å²) in [6, 6.07) is 21.4. The molecule has 4 aromatic rings. The van der Waals surface area contributed by atoms with Gasteiger partial charge in [-0.3, -0.25) is 4.40 Å². The lowest BCUT2D eigenvalue weighted by atomic mass is 10.1. The van der Waals surface area contributed by atoms with E-state index in [1.54, 1.807) is 12.1 Å². The largest absolute Gasteiger partial charge is 0.508 e. The van der Waals surface area contributed by atoms with Crippen molar-refractivity contribution in [3.05, 3.63) is 78.0 Å². The normalized spacial score (nSPS) is 11.0. The van der Waals surface area contributed by atoms with Gasteiger partial charge in [-0.15, -0.1) is 0 Å². The fourth-order valence-electron chi connectivity index (χ4n) is 3.03. The number of aryl methyl sites for hydroxylation is 2. The molecule has 0 radical (unpaired) electrons. The molecule has 4 nitrogen and oxygen atoms in total. The third-order valence-corrected chi connectivity index (χ3v) is 4.38. The molecule has 0 aliphatic rings. The number of phenolic OH excluding ortho intramolecular Hbond substituents is 1. The number of hydrogen-bond acceptors (Lipinski definition) is 3. The van der Waals surface area contributed by atoms with Crippen molar-refractivity contribution in [3.63, 3.8) is 0 Å². The Labute approximate surface area is 146 Å². The van der Waals surface area contributed by atoms with Crippen LogP contribution in [0.4, 0.5) is 11.5 Å². The lowest BCUT2D eigenvalue weighted by Crippen LogP contribution is -2.00. The predicted octanol–water partition coefficient (Wildman–Crippen LogP) is 5.07. The maximum atomic E-state index is 9.59. The second-order valence-corrected chi connectivity index (χ2v) is 6.16. The molecule has 0 fully saturated rings. The van der Waals surface area contributed by atoms with Gasteiger partial charge < -0.3 is 10.4 Å². The molecule has 2 aromatic heterocycles. The van der Waals surface area contributed by atoms with Crippen LogP contribution in [0.2, 0.25) is 0 Å². The molecule has 0 spiro atoms. The monoisotopic (exact) mass is 329 g/mol. The molecule has 0 aliphatic carbocycles. The van der Waals surface area contributed by atoms with E-state index in [0.29, 0.717) is 0 Å². The van der Waals surface area contributed by atoms with Gasteiger partial charge in [0, 0.05) is 16.9 Å². The van der Waals surface area contributed by atoms with Crippen LogP contribution in [-0.2, 0) is 0 Å². The summed E-state index contributed by atoms with van der Waals surface area (Å²) < 4.78 is 2.12. The van der Waals surface area contributed by atoms with Crippen molar-refractivity contribution in [3.8, 4) is 17.0 Å². The SMILES string of the molecule is Cc1ccccc1Nc1c(-c2ccc(O)cc2)nc2cccc(C)n12. The van der Waals surface area contributed by atoms with Gasteiger partial charge in [0.1, 0.15) is 22.9 Å². The minimum absolute atomic E-state index is 0.247. The highest BCUT2D eigenvalue weighted by atomic mass is 16.3. The maximum absolute atomic E-state index is 9.59. The van der Waals surface area contributed by atoms with Gasteiger partial charge in [0.2, 0.25) is 0 Å². The number of nitrogens with zero attached hydrogens (tertiary/aromatic N) is 2. The van der Waals surface area contributed by atoms with E-state index in [1.807, 2.05) is 36.4 Å². The van der Waals surface area contributed by atoms with Crippen molar-refractivity contribution in [2.45, 2.75) is 13.8 Å². The Kier molecular flexibility index (Phi) is 3.65. The molecular formula is C21H19N3O. The average molecular weight is 329 g/mol. The van der Waals surface area contributed by atoms with E-state index in [1.165, 1.54) is 5.56 Å². The molecule has 0 amide bonds. The van der Waals surface area contributed by atoms with Crippen LogP contribution in [0.25, 0.3) is 16.9 Å². The van der Waals surface area contributed by atoms with Gasteiger partial charge in [0.05, 0.1) is 0 Å². The van der Waals surface area contributed by atoms with Gasteiger partial charge in [-0.2, -0.15) is 0 Å². The van der Waals surface area contributed by atoms with Crippen molar-refractivity contribution < 1.29 is 5.11 Å². The van der Waals surface area contributed by atoms with Crippen LogP contribution in [0, 0.1) is 13.8 Å². The van der Waals surface area contributed by atoms with Crippen molar-refractivity contribution in [1.82, 2.24) is 9.38 Å². The Hall–Kier alpha value is -3.27. The molecule has 4 heteroatoms. The van der Waals surface area contributed by atoms with Crippen molar-refractivity contribution in [1.29, 1.82) is 0 Å². The topological polar surface area (TPSA) is 49.6 Å². The molecule has 0 aliphatic heterocycles. The zero-order valence-corrected chi connectivity index (χ0v) is 14.2. The fourth-order valence-corrected chi connectivity index (χ4v) is 3.03. The van der Waals surface area contributed by atoms with Gasteiger partial charge in [-0.25, -0.2) is 4.98 Å². The summed E-state index contributed by atoms with van der Waals surface area (Å²) in [5.41, 5.74) is 6.02. The number of rotatable bonds is 3. The van der Waals surface area contributed by atoms with Crippen LogP contribution >= 0.6 is 0 Å². The number of pyridine rings is 1. The number of phenols is 1. The second kappa shape index (κ2) is 5.98. The van der Waals surface area contributed by atoms with E-state index in [2.05, 4.69) is 41.8 Å². The van der Waals surface area contributed by atoms with E-state index in [-0.39, 0.29) is 5.75 Å². The average Bonchev–Trinajstić information content (AvgIpc) is 2.97. The molecule has 25 heavy (non-hydrogen) atoms. The summed E-state index contributed by atoms with van der Waals surface area (Å²) in [4.78, 5) is 4.82. The molecule has 2 aromatic carbocycles. The van der Waals surface area contributed by atoms with E-state index >= 15 is 0 Å². The molecule has 0 saturated heterocycles. The van der Waals surface area contributed by atoms with Gasteiger partial charge in [0.25, 0.3) is 0 Å². The number of para-hydroxylation sites is 1. The number of aromatic hydroxyl groups is 1. The van der Waals surface area contributed by atoms with E-state index < -0.39 is 0 Å². The van der Waals surface area contributed by atoms with Crippen molar-refractivity contribution >= 4 is 17.2 Å². The summed E-state index contributed by atoms with van der Waals surface area (Å²) >= 11 is 0. The number of aromatic nitrogens is 2. The number of hydrogen-bond donors (Lipinski definition) is 2. The number of anilines is 2. The van der Waals surface area contributed by atoms with Gasteiger partial charge in [0.15, 0.2) is 0 Å². The quantitative estimate of drug-likeness (QED) is 0.552. The molecule has 0 atom stereocenters. The smallest absolute Gasteiger partial charge is 0.143 e. The second-order valence-electron chi connectivity index (χ2n) is 6.16. The first-order chi connectivity index (χ1) is 12.1. The van der Waals surface area contributed by atoms with Crippen LogP contribution < -0.4 is 5.32 Å². The third kappa shape index (κ3) is 2.72. The van der Waals surface area contributed by atoms with Crippen LogP contribution in [0.1, 0.15) is 11.3 Å². The maximum Gasteiger partial charge on any atom is 0.143 e. The summed E-state index contributed by atoms with van der Waals surface area (Å²) in [5, 5.41) is 13.1. The Morgan fingerprint density at radius 1 is 0.880 bits per heavy atom. The first-order valence-corrected chi connectivity index (χ1v) is 8.23. The summed E-state index contributed by atoms with van der Waals surface area (Å²) in [7, 11) is 0. The van der Waals surface area contributed by atoms with Crippen molar-refractivity contribution in [2.75, 3.05) is 5.32 Å². The molecule has 0 saturated carbocycles. The van der Waals surface area contributed by atoms with Gasteiger partial charge in [-0.05, 0) is 61.9 Å². The highest BCUT2D eigenvalue weighted by Crippen LogP contribution is 2.33. The number of benzene rings is 2. The lowest BCUT2D eigenvalue weighted by molar-refractivity contribution is 0.475. The van der Waals surface area contributed by atoms with Crippen LogP contribution in [-0.4, -0.2) is 14.5 Å². The first kappa shape index (κ1) is 15.3. The Morgan fingerprint density at radius 3 is 2.40 bits per heavy atom. The molecule has 2 N–H and O–H groups in total. The molecule has 4 rings (SSSR count). The highest BCUT2D eigenvalue weighted by Gasteiger charge is 2.16. The van der Waals surface area contributed by atoms with Crippen LogP contribution in [0.3, 0.4) is 0 Å². The first-order valence-electron chi connectivity index (χ1n) is 8.23.